The van der Waals surface area contributed by atoms with Gasteiger partial charge in [-0.2, -0.15) is 5.26 Å². The Labute approximate surface area is 162 Å². The first-order valence-corrected chi connectivity index (χ1v) is 9.33. The molecule has 0 aliphatic heterocycles. The summed E-state index contributed by atoms with van der Waals surface area (Å²) in [4.78, 5) is 4.53. The summed E-state index contributed by atoms with van der Waals surface area (Å²) in [6.07, 6.45) is 2.72. The lowest BCUT2D eigenvalue weighted by Gasteiger charge is -2.18. The summed E-state index contributed by atoms with van der Waals surface area (Å²) in [7, 11) is 0. The van der Waals surface area contributed by atoms with Crippen molar-refractivity contribution in [1.29, 1.82) is 5.26 Å². The number of rotatable bonds is 3. The van der Waals surface area contributed by atoms with Gasteiger partial charge in [-0.3, -0.25) is 4.98 Å². The minimum atomic E-state index is 0.256. The summed E-state index contributed by atoms with van der Waals surface area (Å²) in [6, 6.07) is 19.3. The Hall–Kier alpha value is -2.92. The van der Waals surface area contributed by atoms with E-state index in [1.165, 1.54) is 16.7 Å². The van der Waals surface area contributed by atoms with Crippen molar-refractivity contribution in [3.05, 3.63) is 77.0 Å². The van der Waals surface area contributed by atoms with Crippen LogP contribution < -0.4 is 0 Å². The molecule has 2 aromatic carbocycles. The number of hydrogen-bond donors (Lipinski definition) is 0. The topological polar surface area (TPSA) is 36.7 Å². The summed E-state index contributed by atoms with van der Waals surface area (Å²) >= 11 is 0. The van der Waals surface area contributed by atoms with E-state index in [1.54, 1.807) is 6.20 Å². The van der Waals surface area contributed by atoms with Gasteiger partial charge in [0.1, 0.15) is 6.07 Å². The van der Waals surface area contributed by atoms with E-state index in [1.807, 2.05) is 6.07 Å². The molecule has 0 saturated heterocycles. The molecule has 1 heterocycles. The van der Waals surface area contributed by atoms with Crippen molar-refractivity contribution in [2.75, 3.05) is 0 Å². The first-order valence-electron chi connectivity index (χ1n) is 9.33. The van der Waals surface area contributed by atoms with Crippen LogP contribution in [-0.4, -0.2) is 4.98 Å². The second-order valence-electron chi connectivity index (χ2n) is 8.54. The molecule has 0 aliphatic carbocycles. The van der Waals surface area contributed by atoms with Gasteiger partial charge in [-0.25, -0.2) is 0 Å². The van der Waals surface area contributed by atoms with Gasteiger partial charge >= 0.3 is 0 Å². The first-order chi connectivity index (χ1) is 12.7. The van der Waals surface area contributed by atoms with Crippen LogP contribution >= 0.6 is 0 Å². The van der Waals surface area contributed by atoms with E-state index in [9.17, 15) is 5.26 Å². The zero-order chi connectivity index (χ0) is 19.6. The third-order valence-corrected chi connectivity index (χ3v) is 4.54. The van der Waals surface area contributed by atoms with Gasteiger partial charge in [-0.05, 0) is 55.0 Å². The van der Waals surface area contributed by atoms with Crippen LogP contribution in [0.2, 0.25) is 0 Å². The Balaban J connectivity index is 2.03. The van der Waals surface area contributed by atoms with Crippen molar-refractivity contribution in [2.24, 2.45) is 5.41 Å². The number of nitrogens with zero attached hydrogens (tertiary/aromatic N) is 2. The summed E-state index contributed by atoms with van der Waals surface area (Å²) in [6.45, 7) is 10.9. The molecule has 0 radical (unpaired) electrons. The largest absolute Gasteiger partial charge is 0.255 e. The van der Waals surface area contributed by atoms with Crippen molar-refractivity contribution >= 4 is 0 Å². The van der Waals surface area contributed by atoms with E-state index in [2.05, 4.69) is 88.1 Å². The highest BCUT2D eigenvalue weighted by Gasteiger charge is 2.13. The van der Waals surface area contributed by atoms with Crippen molar-refractivity contribution in [2.45, 2.75) is 41.0 Å². The molecule has 0 atom stereocenters. The molecule has 0 unspecified atom stereocenters. The molecule has 0 aliphatic rings. The van der Waals surface area contributed by atoms with Gasteiger partial charge < -0.3 is 0 Å². The molecule has 27 heavy (non-hydrogen) atoms. The van der Waals surface area contributed by atoms with E-state index in [4.69, 9.17) is 0 Å². The average molecular weight is 354 g/mol. The second kappa shape index (κ2) is 7.37. The lowest BCUT2D eigenvalue weighted by atomic mass is 9.87. The molecular formula is C25H26N2. The third kappa shape index (κ3) is 4.63. The molecule has 0 saturated carbocycles. The summed E-state index contributed by atoms with van der Waals surface area (Å²) in [5.74, 6) is 0. The van der Waals surface area contributed by atoms with Crippen molar-refractivity contribution in [3.8, 4) is 28.5 Å². The number of hydrogen-bond acceptors (Lipinski definition) is 2. The number of pyridine rings is 1. The fourth-order valence-electron chi connectivity index (χ4n) is 3.48. The van der Waals surface area contributed by atoms with Gasteiger partial charge in [-0.1, -0.05) is 62.2 Å². The van der Waals surface area contributed by atoms with Gasteiger partial charge in [0.15, 0.2) is 0 Å². The molecular weight excluding hydrogens is 328 g/mol. The number of aryl methyl sites for hydroxylation is 2. The lowest BCUT2D eigenvalue weighted by molar-refractivity contribution is 0.411. The monoisotopic (exact) mass is 354 g/mol. The van der Waals surface area contributed by atoms with Crippen LogP contribution in [0.25, 0.3) is 22.4 Å². The van der Waals surface area contributed by atoms with Crippen molar-refractivity contribution < 1.29 is 0 Å². The average Bonchev–Trinajstić information content (AvgIpc) is 2.59. The Morgan fingerprint density at radius 3 is 2.07 bits per heavy atom. The van der Waals surface area contributed by atoms with Crippen LogP contribution in [-0.2, 0) is 6.42 Å². The summed E-state index contributed by atoms with van der Waals surface area (Å²) in [5, 5.41) is 9.55. The predicted molar refractivity (Wildman–Crippen MR) is 112 cm³/mol. The Morgan fingerprint density at radius 2 is 1.52 bits per heavy atom. The molecule has 0 N–H and O–H groups in total. The van der Waals surface area contributed by atoms with Crippen LogP contribution in [0.1, 0.15) is 43.0 Å². The molecule has 0 bridgehead atoms. The maximum Gasteiger partial charge on any atom is 0.101 e. The minimum absolute atomic E-state index is 0.256. The van der Waals surface area contributed by atoms with Gasteiger partial charge in [0.05, 0.1) is 11.3 Å². The molecule has 3 aromatic rings. The Morgan fingerprint density at radius 1 is 0.889 bits per heavy atom. The smallest absolute Gasteiger partial charge is 0.101 e. The molecule has 1 aromatic heterocycles. The van der Waals surface area contributed by atoms with Gasteiger partial charge in [-0.15, -0.1) is 0 Å². The molecule has 2 heteroatoms. The standard InChI is InChI=1S/C25H26N2/c1-17-10-18(2)12-21(11-17)24-13-23(22(15-26)16-27-24)20-8-6-19(7-9-20)14-25(3,4)5/h6-13,16H,14H2,1-5H3. The fraction of sp³-hybridized carbons (Fsp3) is 0.280. The molecule has 0 fully saturated rings. The number of nitriles is 1. The Kier molecular flexibility index (Phi) is 5.15. The molecule has 136 valence electrons. The summed E-state index contributed by atoms with van der Waals surface area (Å²) in [5.41, 5.74) is 8.57. The van der Waals surface area contributed by atoms with Crippen LogP contribution in [0, 0.1) is 30.6 Å². The quantitative estimate of drug-likeness (QED) is 0.539. The fourth-order valence-corrected chi connectivity index (χ4v) is 3.48. The minimum Gasteiger partial charge on any atom is -0.255 e. The zero-order valence-electron chi connectivity index (χ0n) is 16.8. The number of benzene rings is 2. The third-order valence-electron chi connectivity index (χ3n) is 4.54. The van der Waals surface area contributed by atoms with E-state index in [-0.39, 0.29) is 5.41 Å². The van der Waals surface area contributed by atoms with Crippen LogP contribution in [0.3, 0.4) is 0 Å². The van der Waals surface area contributed by atoms with E-state index in [0.717, 1.165) is 28.8 Å². The van der Waals surface area contributed by atoms with E-state index in [0.29, 0.717) is 5.56 Å². The molecule has 0 spiro atoms. The first kappa shape index (κ1) is 18.9. The summed E-state index contributed by atoms with van der Waals surface area (Å²) < 4.78 is 0. The van der Waals surface area contributed by atoms with Crippen molar-refractivity contribution in [3.63, 3.8) is 0 Å². The molecule has 2 nitrogen and oxygen atoms in total. The van der Waals surface area contributed by atoms with Crippen LogP contribution in [0.4, 0.5) is 0 Å². The highest BCUT2D eigenvalue weighted by Crippen LogP contribution is 2.30. The maximum atomic E-state index is 9.55. The van der Waals surface area contributed by atoms with Gasteiger partial charge in [0.2, 0.25) is 0 Å². The Bertz CT molecular complexity index is 980. The van der Waals surface area contributed by atoms with Crippen LogP contribution in [0.5, 0.6) is 0 Å². The highest BCUT2D eigenvalue weighted by atomic mass is 14.7. The van der Waals surface area contributed by atoms with Gasteiger partial charge in [0, 0.05) is 17.3 Å². The molecule has 3 rings (SSSR count). The second-order valence-corrected chi connectivity index (χ2v) is 8.54. The van der Waals surface area contributed by atoms with Crippen LogP contribution in [0.15, 0.2) is 54.7 Å². The zero-order valence-corrected chi connectivity index (χ0v) is 16.8. The van der Waals surface area contributed by atoms with E-state index >= 15 is 0 Å². The number of aromatic nitrogens is 1. The van der Waals surface area contributed by atoms with Gasteiger partial charge in [0.25, 0.3) is 0 Å². The normalized spacial score (nSPS) is 11.3. The predicted octanol–water partition coefficient (Wildman–Crippen LogP) is 6.49. The van der Waals surface area contributed by atoms with E-state index < -0.39 is 0 Å². The highest BCUT2D eigenvalue weighted by molar-refractivity contribution is 5.75. The maximum absolute atomic E-state index is 9.55. The lowest BCUT2D eigenvalue weighted by Crippen LogP contribution is -2.08. The molecule has 0 amide bonds. The van der Waals surface area contributed by atoms with Crippen molar-refractivity contribution in [1.82, 2.24) is 4.98 Å². The SMILES string of the molecule is Cc1cc(C)cc(-c2cc(-c3ccc(CC(C)(C)C)cc3)c(C#N)cn2)c1.